The number of anilines is 2. The van der Waals surface area contributed by atoms with Crippen LogP contribution in [0.25, 0.3) is 0 Å². The first kappa shape index (κ1) is 15.4. The molecule has 0 aromatic heterocycles. The minimum atomic E-state index is -0.289. The number of benzene rings is 2. The van der Waals surface area contributed by atoms with E-state index in [1.165, 1.54) is 0 Å². The van der Waals surface area contributed by atoms with Crippen LogP contribution in [0.1, 0.15) is 18.4 Å². The van der Waals surface area contributed by atoms with Crippen molar-refractivity contribution >= 4 is 33.2 Å². The van der Waals surface area contributed by atoms with Crippen molar-refractivity contribution in [1.82, 2.24) is 0 Å². The molecule has 2 aromatic rings. The highest BCUT2D eigenvalue weighted by Gasteiger charge is 2.16. The third-order valence-corrected chi connectivity index (χ3v) is 3.88. The molecule has 0 aliphatic rings. The van der Waals surface area contributed by atoms with Gasteiger partial charge < -0.3 is 15.8 Å². The van der Waals surface area contributed by atoms with Gasteiger partial charge in [-0.3, -0.25) is 4.79 Å². The number of hydrogen-bond donors (Lipinski definition) is 2. The Morgan fingerprint density at radius 2 is 2.05 bits per heavy atom. The van der Waals surface area contributed by atoms with Crippen LogP contribution in [0.4, 0.5) is 11.4 Å². The number of nitrogens with two attached hydrogens (primary N) is 1. The smallest absolute Gasteiger partial charge is 0.231 e. The first-order valence-electron chi connectivity index (χ1n) is 6.51. The summed E-state index contributed by atoms with van der Waals surface area (Å²) in [5.41, 5.74) is 7.98. The molecular weight excluding hydrogens is 332 g/mol. The summed E-state index contributed by atoms with van der Waals surface area (Å²) in [5.74, 6) is 0.289. The zero-order valence-electron chi connectivity index (χ0n) is 11.9. The van der Waals surface area contributed by atoms with Gasteiger partial charge >= 0.3 is 0 Å². The zero-order valence-corrected chi connectivity index (χ0v) is 13.5. The fourth-order valence-electron chi connectivity index (χ4n) is 1.97. The molecule has 2 rings (SSSR count). The van der Waals surface area contributed by atoms with E-state index in [0.717, 1.165) is 10.0 Å². The maximum absolute atomic E-state index is 12.3. The minimum Gasteiger partial charge on any atom is -0.495 e. The number of nitrogens with one attached hydrogen (secondary N) is 1. The van der Waals surface area contributed by atoms with E-state index in [1.807, 2.05) is 37.3 Å². The lowest BCUT2D eigenvalue weighted by Crippen LogP contribution is -2.19. The highest BCUT2D eigenvalue weighted by atomic mass is 79.9. The molecule has 1 amide bonds. The number of ether oxygens (including phenoxy) is 1. The number of amides is 1. The van der Waals surface area contributed by atoms with E-state index in [-0.39, 0.29) is 11.8 Å². The summed E-state index contributed by atoms with van der Waals surface area (Å²) in [6, 6.07) is 12.8. The summed E-state index contributed by atoms with van der Waals surface area (Å²) < 4.78 is 6.05. The van der Waals surface area contributed by atoms with Crippen LogP contribution in [-0.4, -0.2) is 13.0 Å². The molecular formula is C16H17BrN2O2. The molecule has 21 heavy (non-hydrogen) atoms. The third kappa shape index (κ3) is 3.76. The molecule has 0 heterocycles. The van der Waals surface area contributed by atoms with Crippen LogP contribution in [0.3, 0.4) is 0 Å². The van der Waals surface area contributed by atoms with E-state index in [0.29, 0.717) is 17.1 Å². The summed E-state index contributed by atoms with van der Waals surface area (Å²) in [4.78, 5) is 12.3. The van der Waals surface area contributed by atoms with Gasteiger partial charge in [0.25, 0.3) is 0 Å². The van der Waals surface area contributed by atoms with Gasteiger partial charge in [0.15, 0.2) is 0 Å². The largest absolute Gasteiger partial charge is 0.495 e. The number of halogens is 1. The van der Waals surface area contributed by atoms with Gasteiger partial charge in [0.05, 0.1) is 17.5 Å². The van der Waals surface area contributed by atoms with Gasteiger partial charge in [-0.05, 0) is 52.7 Å². The Morgan fingerprint density at radius 3 is 2.71 bits per heavy atom. The second-order valence-corrected chi connectivity index (χ2v) is 5.58. The van der Waals surface area contributed by atoms with E-state index in [2.05, 4.69) is 21.2 Å². The molecule has 0 spiro atoms. The van der Waals surface area contributed by atoms with E-state index >= 15 is 0 Å². The standard InChI is InChI=1S/C16H17BrN2O2/c1-10(11-4-3-5-12(18)8-11)16(20)19-13-6-7-14(17)15(9-13)21-2/h3-10H,18H2,1-2H3,(H,19,20). The number of rotatable bonds is 4. The summed E-state index contributed by atoms with van der Waals surface area (Å²) in [6.45, 7) is 1.85. The molecule has 1 atom stereocenters. The predicted molar refractivity (Wildman–Crippen MR) is 88.6 cm³/mol. The normalized spacial score (nSPS) is 11.8. The van der Waals surface area contributed by atoms with E-state index in [4.69, 9.17) is 10.5 Å². The first-order valence-corrected chi connectivity index (χ1v) is 7.30. The summed E-state index contributed by atoms with van der Waals surface area (Å²) in [7, 11) is 1.58. The second-order valence-electron chi connectivity index (χ2n) is 4.73. The van der Waals surface area contributed by atoms with Crippen LogP contribution in [-0.2, 0) is 4.79 Å². The molecule has 5 heteroatoms. The van der Waals surface area contributed by atoms with Crippen molar-refractivity contribution in [2.75, 3.05) is 18.2 Å². The number of carbonyl (C=O) groups excluding carboxylic acids is 1. The number of methoxy groups -OCH3 is 1. The topological polar surface area (TPSA) is 64.3 Å². The Morgan fingerprint density at radius 1 is 1.29 bits per heavy atom. The van der Waals surface area contributed by atoms with Crippen molar-refractivity contribution in [2.45, 2.75) is 12.8 Å². The summed E-state index contributed by atoms with van der Waals surface area (Å²) in [5, 5.41) is 2.88. The number of hydrogen-bond acceptors (Lipinski definition) is 3. The van der Waals surface area contributed by atoms with Gasteiger partial charge in [0.2, 0.25) is 5.91 Å². The van der Waals surface area contributed by atoms with Crippen molar-refractivity contribution in [1.29, 1.82) is 0 Å². The Balaban J connectivity index is 2.14. The highest BCUT2D eigenvalue weighted by Crippen LogP contribution is 2.28. The Hall–Kier alpha value is -2.01. The molecule has 0 aliphatic carbocycles. The van der Waals surface area contributed by atoms with Crippen molar-refractivity contribution < 1.29 is 9.53 Å². The molecule has 0 fully saturated rings. The average Bonchev–Trinajstić information content (AvgIpc) is 2.48. The van der Waals surface area contributed by atoms with Crippen LogP contribution < -0.4 is 15.8 Å². The lowest BCUT2D eigenvalue weighted by Gasteiger charge is -2.14. The molecule has 0 bridgehead atoms. The fourth-order valence-corrected chi connectivity index (χ4v) is 2.38. The second kappa shape index (κ2) is 6.63. The molecule has 1 unspecified atom stereocenters. The minimum absolute atomic E-state index is 0.0926. The SMILES string of the molecule is COc1cc(NC(=O)C(C)c2cccc(N)c2)ccc1Br. The monoisotopic (exact) mass is 348 g/mol. The van der Waals surface area contributed by atoms with Gasteiger partial charge in [-0.15, -0.1) is 0 Å². The fraction of sp³-hybridized carbons (Fsp3) is 0.188. The maximum Gasteiger partial charge on any atom is 0.231 e. The van der Waals surface area contributed by atoms with Crippen LogP contribution in [0.2, 0.25) is 0 Å². The van der Waals surface area contributed by atoms with Crippen LogP contribution in [0, 0.1) is 0 Å². The van der Waals surface area contributed by atoms with Crippen molar-refractivity contribution in [3.63, 3.8) is 0 Å². The third-order valence-electron chi connectivity index (χ3n) is 3.22. The van der Waals surface area contributed by atoms with Crippen LogP contribution in [0.5, 0.6) is 5.75 Å². The predicted octanol–water partition coefficient (Wildman–Crippen LogP) is 3.78. The molecule has 3 N–H and O–H groups in total. The highest BCUT2D eigenvalue weighted by molar-refractivity contribution is 9.10. The Bertz CT molecular complexity index is 658. The molecule has 4 nitrogen and oxygen atoms in total. The molecule has 0 saturated carbocycles. The molecule has 0 radical (unpaired) electrons. The van der Waals surface area contributed by atoms with Gasteiger partial charge in [-0.25, -0.2) is 0 Å². The maximum atomic E-state index is 12.3. The Labute approximate surface area is 132 Å². The van der Waals surface area contributed by atoms with Gasteiger partial charge in [0.1, 0.15) is 5.75 Å². The summed E-state index contributed by atoms with van der Waals surface area (Å²) in [6.07, 6.45) is 0. The quantitative estimate of drug-likeness (QED) is 0.826. The van der Waals surface area contributed by atoms with Gasteiger partial charge in [-0.1, -0.05) is 12.1 Å². The molecule has 0 aliphatic heterocycles. The first-order chi connectivity index (χ1) is 10.0. The van der Waals surface area contributed by atoms with Gasteiger partial charge in [0, 0.05) is 17.4 Å². The van der Waals surface area contributed by atoms with Crippen LogP contribution in [0.15, 0.2) is 46.9 Å². The molecule has 2 aromatic carbocycles. The lowest BCUT2D eigenvalue weighted by atomic mass is 10.00. The van der Waals surface area contributed by atoms with E-state index in [9.17, 15) is 4.79 Å². The zero-order chi connectivity index (χ0) is 15.4. The number of carbonyl (C=O) groups is 1. The number of nitrogen functional groups attached to an aromatic ring is 1. The molecule has 0 saturated heterocycles. The average molecular weight is 349 g/mol. The van der Waals surface area contributed by atoms with Crippen LogP contribution >= 0.6 is 15.9 Å². The Kier molecular flexibility index (Phi) is 4.85. The van der Waals surface area contributed by atoms with E-state index in [1.54, 1.807) is 19.2 Å². The van der Waals surface area contributed by atoms with Crippen molar-refractivity contribution in [3.8, 4) is 5.75 Å². The van der Waals surface area contributed by atoms with Gasteiger partial charge in [-0.2, -0.15) is 0 Å². The summed E-state index contributed by atoms with van der Waals surface area (Å²) >= 11 is 3.38. The van der Waals surface area contributed by atoms with Crippen molar-refractivity contribution in [2.24, 2.45) is 0 Å². The molecule has 110 valence electrons. The lowest BCUT2D eigenvalue weighted by molar-refractivity contribution is -0.117. The van der Waals surface area contributed by atoms with E-state index < -0.39 is 0 Å². The van der Waals surface area contributed by atoms with Crippen molar-refractivity contribution in [3.05, 3.63) is 52.5 Å².